The van der Waals surface area contributed by atoms with Crippen LogP contribution in [0.15, 0.2) is 36.4 Å². The summed E-state index contributed by atoms with van der Waals surface area (Å²) in [5.74, 6) is -0.237. The fraction of sp³-hybridized carbons (Fsp3) is 0.333. The van der Waals surface area contributed by atoms with Crippen molar-refractivity contribution in [3.63, 3.8) is 0 Å². The molecule has 0 bridgehead atoms. The highest BCUT2D eigenvalue weighted by Crippen LogP contribution is 2.24. The third kappa shape index (κ3) is 2.00. The lowest BCUT2D eigenvalue weighted by atomic mass is 9.97. The van der Waals surface area contributed by atoms with Crippen molar-refractivity contribution in [1.29, 1.82) is 0 Å². The molecule has 5 heteroatoms. The van der Waals surface area contributed by atoms with Crippen molar-refractivity contribution in [1.82, 2.24) is 15.1 Å². The van der Waals surface area contributed by atoms with Crippen LogP contribution in [-0.2, 0) is 7.05 Å². The third-order valence-electron chi connectivity index (χ3n) is 3.84. The molecule has 1 aliphatic rings. The SMILES string of the molecule is Cn1nc(C(=O)NC2(CO)CC=CC2)c2ccccc21. The van der Waals surface area contributed by atoms with E-state index in [-0.39, 0.29) is 12.5 Å². The van der Waals surface area contributed by atoms with Crippen molar-refractivity contribution in [2.24, 2.45) is 7.05 Å². The topological polar surface area (TPSA) is 67.2 Å². The number of carbonyl (C=O) groups is 1. The molecule has 1 amide bonds. The first kappa shape index (κ1) is 12.9. The number of hydrogen-bond donors (Lipinski definition) is 2. The summed E-state index contributed by atoms with van der Waals surface area (Å²) in [6.45, 7) is -0.0729. The molecule has 0 unspecified atom stereocenters. The van der Waals surface area contributed by atoms with Gasteiger partial charge in [-0.2, -0.15) is 5.10 Å². The van der Waals surface area contributed by atoms with E-state index in [4.69, 9.17) is 0 Å². The van der Waals surface area contributed by atoms with Gasteiger partial charge in [0.1, 0.15) is 0 Å². The highest BCUT2D eigenvalue weighted by atomic mass is 16.3. The predicted octanol–water partition coefficient (Wildman–Crippen LogP) is 1.38. The van der Waals surface area contributed by atoms with Gasteiger partial charge in [0.2, 0.25) is 0 Å². The van der Waals surface area contributed by atoms with Crippen molar-refractivity contribution in [3.8, 4) is 0 Å². The molecule has 0 fully saturated rings. The average Bonchev–Trinajstić information content (AvgIpc) is 3.05. The smallest absolute Gasteiger partial charge is 0.272 e. The van der Waals surface area contributed by atoms with Gasteiger partial charge in [0, 0.05) is 12.4 Å². The molecule has 1 aromatic heterocycles. The molecule has 3 rings (SSSR count). The quantitative estimate of drug-likeness (QED) is 0.829. The van der Waals surface area contributed by atoms with Crippen LogP contribution in [0.5, 0.6) is 0 Å². The van der Waals surface area contributed by atoms with Gasteiger partial charge in [-0.25, -0.2) is 0 Å². The van der Waals surface area contributed by atoms with Gasteiger partial charge in [-0.05, 0) is 18.9 Å². The van der Waals surface area contributed by atoms with Crippen molar-refractivity contribution >= 4 is 16.8 Å². The molecular weight excluding hydrogens is 254 g/mol. The molecule has 1 aliphatic carbocycles. The summed E-state index contributed by atoms with van der Waals surface area (Å²) in [6.07, 6.45) is 5.26. The first-order valence-electron chi connectivity index (χ1n) is 6.65. The lowest BCUT2D eigenvalue weighted by molar-refractivity contribution is 0.0841. The van der Waals surface area contributed by atoms with E-state index in [1.165, 1.54) is 0 Å². The van der Waals surface area contributed by atoms with Crippen LogP contribution in [0.25, 0.3) is 10.9 Å². The molecule has 2 aromatic rings. The van der Waals surface area contributed by atoms with Crippen LogP contribution < -0.4 is 5.32 Å². The summed E-state index contributed by atoms with van der Waals surface area (Å²) < 4.78 is 1.70. The molecule has 1 aromatic carbocycles. The Labute approximate surface area is 116 Å². The Balaban J connectivity index is 1.93. The highest BCUT2D eigenvalue weighted by Gasteiger charge is 2.33. The first-order valence-corrected chi connectivity index (χ1v) is 6.65. The maximum atomic E-state index is 12.5. The molecular formula is C15H17N3O2. The second kappa shape index (κ2) is 4.76. The Bertz CT molecular complexity index is 679. The molecule has 104 valence electrons. The summed E-state index contributed by atoms with van der Waals surface area (Å²) >= 11 is 0. The molecule has 0 saturated heterocycles. The monoisotopic (exact) mass is 271 g/mol. The van der Waals surface area contributed by atoms with Crippen molar-refractivity contribution < 1.29 is 9.90 Å². The first-order chi connectivity index (χ1) is 9.65. The predicted molar refractivity (Wildman–Crippen MR) is 76.4 cm³/mol. The van der Waals surface area contributed by atoms with Gasteiger partial charge in [0.05, 0.1) is 17.7 Å². The summed E-state index contributed by atoms with van der Waals surface area (Å²) in [5, 5.41) is 17.6. The summed E-state index contributed by atoms with van der Waals surface area (Å²) in [7, 11) is 1.82. The molecule has 0 saturated carbocycles. The number of aliphatic hydroxyl groups is 1. The Morgan fingerprint density at radius 1 is 1.40 bits per heavy atom. The molecule has 20 heavy (non-hydrogen) atoms. The number of aliphatic hydroxyl groups excluding tert-OH is 1. The molecule has 0 spiro atoms. The lowest BCUT2D eigenvalue weighted by Gasteiger charge is -2.27. The standard InChI is InChI=1S/C15H17N3O2/c1-18-12-7-3-2-6-11(12)13(17-18)14(20)16-15(10-19)8-4-5-9-15/h2-7,19H,8-10H2,1H3,(H,16,20). The van der Waals surface area contributed by atoms with Crippen molar-refractivity contribution in [2.45, 2.75) is 18.4 Å². The van der Waals surface area contributed by atoms with Crippen LogP contribution in [-0.4, -0.2) is 32.9 Å². The Hall–Kier alpha value is -2.14. The number of nitrogens with zero attached hydrogens (tertiary/aromatic N) is 2. The third-order valence-corrected chi connectivity index (χ3v) is 3.84. The van der Waals surface area contributed by atoms with E-state index in [2.05, 4.69) is 10.4 Å². The van der Waals surface area contributed by atoms with E-state index in [0.29, 0.717) is 18.5 Å². The van der Waals surface area contributed by atoms with E-state index in [0.717, 1.165) is 10.9 Å². The minimum absolute atomic E-state index is 0.0729. The molecule has 0 radical (unpaired) electrons. The van der Waals surface area contributed by atoms with E-state index >= 15 is 0 Å². The molecule has 2 N–H and O–H groups in total. The van der Waals surface area contributed by atoms with Gasteiger partial charge in [-0.15, -0.1) is 0 Å². The van der Waals surface area contributed by atoms with Gasteiger partial charge < -0.3 is 10.4 Å². The van der Waals surface area contributed by atoms with E-state index in [1.807, 2.05) is 43.5 Å². The maximum absolute atomic E-state index is 12.5. The van der Waals surface area contributed by atoms with Gasteiger partial charge in [0.25, 0.3) is 5.91 Å². The number of aromatic nitrogens is 2. The molecule has 1 heterocycles. The fourth-order valence-corrected chi connectivity index (χ4v) is 2.65. The minimum Gasteiger partial charge on any atom is -0.394 e. The minimum atomic E-state index is -0.574. The second-order valence-corrected chi connectivity index (χ2v) is 5.26. The number of benzene rings is 1. The average molecular weight is 271 g/mol. The summed E-state index contributed by atoms with van der Waals surface area (Å²) in [5.41, 5.74) is 0.749. The zero-order valence-electron chi connectivity index (χ0n) is 11.3. The second-order valence-electron chi connectivity index (χ2n) is 5.26. The number of nitrogens with one attached hydrogen (secondary N) is 1. The number of hydrogen-bond acceptors (Lipinski definition) is 3. The highest BCUT2D eigenvalue weighted by molar-refractivity contribution is 6.05. The summed E-state index contributed by atoms with van der Waals surface area (Å²) in [4.78, 5) is 12.5. The molecule has 0 atom stereocenters. The number of aryl methyl sites for hydroxylation is 1. The van der Waals surface area contributed by atoms with E-state index < -0.39 is 5.54 Å². The van der Waals surface area contributed by atoms with E-state index in [1.54, 1.807) is 4.68 Å². The zero-order valence-corrected chi connectivity index (χ0v) is 11.3. The number of carbonyl (C=O) groups excluding carboxylic acids is 1. The molecule has 0 aliphatic heterocycles. The van der Waals surface area contributed by atoms with Gasteiger partial charge in [0.15, 0.2) is 5.69 Å². The molecule has 5 nitrogen and oxygen atoms in total. The fourth-order valence-electron chi connectivity index (χ4n) is 2.65. The van der Waals surface area contributed by atoms with Crippen LogP contribution >= 0.6 is 0 Å². The number of amides is 1. The maximum Gasteiger partial charge on any atom is 0.272 e. The number of rotatable bonds is 3. The van der Waals surface area contributed by atoms with Crippen LogP contribution in [0.3, 0.4) is 0 Å². The van der Waals surface area contributed by atoms with Crippen LogP contribution in [0.2, 0.25) is 0 Å². The van der Waals surface area contributed by atoms with Crippen LogP contribution in [0.1, 0.15) is 23.3 Å². The Morgan fingerprint density at radius 2 is 2.10 bits per heavy atom. The Morgan fingerprint density at radius 3 is 2.80 bits per heavy atom. The van der Waals surface area contributed by atoms with E-state index in [9.17, 15) is 9.90 Å². The van der Waals surface area contributed by atoms with Gasteiger partial charge >= 0.3 is 0 Å². The lowest BCUT2D eigenvalue weighted by Crippen LogP contribution is -2.49. The van der Waals surface area contributed by atoms with Crippen molar-refractivity contribution in [2.75, 3.05) is 6.61 Å². The van der Waals surface area contributed by atoms with Crippen LogP contribution in [0, 0.1) is 0 Å². The van der Waals surface area contributed by atoms with Crippen LogP contribution in [0.4, 0.5) is 0 Å². The number of fused-ring (bicyclic) bond motifs is 1. The summed E-state index contributed by atoms with van der Waals surface area (Å²) in [6, 6.07) is 7.62. The Kier molecular flexibility index (Phi) is 3.06. The van der Waals surface area contributed by atoms with Gasteiger partial charge in [-0.1, -0.05) is 30.4 Å². The zero-order chi connectivity index (χ0) is 14.2. The largest absolute Gasteiger partial charge is 0.394 e. The number of para-hydroxylation sites is 1. The normalized spacial score (nSPS) is 16.7. The van der Waals surface area contributed by atoms with Gasteiger partial charge in [-0.3, -0.25) is 9.48 Å². The van der Waals surface area contributed by atoms with Crippen molar-refractivity contribution in [3.05, 3.63) is 42.1 Å².